The number of nitrogens with two attached hydrogens (primary N) is 1. The predicted molar refractivity (Wildman–Crippen MR) is 54.4 cm³/mol. The van der Waals surface area contributed by atoms with Crippen LogP contribution in [0.5, 0.6) is 5.75 Å². The van der Waals surface area contributed by atoms with Crippen molar-refractivity contribution in [3.8, 4) is 5.75 Å². The first-order chi connectivity index (χ1) is 6.94. The van der Waals surface area contributed by atoms with E-state index in [9.17, 15) is 13.2 Å². The first-order valence-electron chi connectivity index (χ1n) is 4.15. The Morgan fingerprint density at radius 2 is 1.88 bits per heavy atom. The lowest BCUT2D eigenvalue weighted by Crippen LogP contribution is -2.21. The molecule has 16 heavy (non-hydrogen) atoms. The van der Waals surface area contributed by atoms with Crippen molar-refractivity contribution in [2.75, 3.05) is 6.61 Å². The van der Waals surface area contributed by atoms with Crippen molar-refractivity contribution in [1.82, 2.24) is 0 Å². The number of halogens is 4. The first kappa shape index (κ1) is 15.0. The van der Waals surface area contributed by atoms with Gasteiger partial charge in [0.05, 0.1) is 12.6 Å². The lowest BCUT2D eigenvalue weighted by molar-refractivity contribution is -0.275. The fourth-order valence-electron chi connectivity index (χ4n) is 1.10. The fraction of sp³-hybridized carbons (Fsp3) is 0.333. The Kier molecular flexibility index (Phi) is 5.57. The normalized spacial score (nSPS) is 12.8. The number of alkyl halides is 3. The van der Waals surface area contributed by atoms with E-state index in [1.807, 2.05) is 0 Å². The van der Waals surface area contributed by atoms with Crippen LogP contribution in [0.15, 0.2) is 24.3 Å². The average molecular weight is 258 g/mol. The number of ether oxygens (including phenoxy) is 1. The molecule has 0 aromatic heterocycles. The highest BCUT2D eigenvalue weighted by Crippen LogP contribution is 2.28. The van der Waals surface area contributed by atoms with Crippen LogP contribution >= 0.6 is 12.4 Å². The summed E-state index contributed by atoms with van der Waals surface area (Å²) in [4.78, 5) is 0. The molecular weight excluding hydrogens is 247 g/mol. The number of aliphatic hydroxyl groups is 1. The lowest BCUT2D eigenvalue weighted by atomic mass is 10.1. The molecular formula is C9H11ClF3NO2. The SMILES string of the molecule is Cl.NC(CO)c1ccccc1OC(F)(F)F. The molecule has 0 saturated carbocycles. The molecule has 1 rings (SSSR count). The molecule has 0 radical (unpaired) electrons. The van der Waals surface area contributed by atoms with Gasteiger partial charge in [0, 0.05) is 5.56 Å². The topological polar surface area (TPSA) is 55.5 Å². The Balaban J connectivity index is 0.00000225. The van der Waals surface area contributed by atoms with Crippen LogP contribution in [0.3, 0.4) is 0 Å². The summed E-state index contributed by atoms with van der Waals surface area (Å²) < 4.78 is 39.7. The van der Waals surface area contributed by atoms with Crippen LogP contribution in [0, 0.1) is 0 Å². The average Bonchev–Trinajstić information content (AvgIpc) is 2.15. The van der Waals surface area contributed by atoms with Gasteiger partial charge in [0.25, 0.3) is 0 Å². The third-order valence-electron chi connectivity index (χ3n) is 1.74. The molecule has 92 valence electrons. The molecule has 0 bridgehead atoms. The van der Waals surface area contributed by atoms with Crippen LogP contribution in [0.25, 0.3) is 0 Å². The van der Waals surface area contributed by atoms with Crippen molar-refractivity contribution in [1.29, 1.82) is 0 Å². The van der Waals surface area contributed by atoms with Crippen LogP contribution in [0.1, 0.15) is 11.6 Å². The van der Waals surface area contributed by atoms with E-state index in [2.05, 4.69) is 4.74 Å². The van der Waals surface area contributed by atoms with Crippen molar-refractivity contribution in [2.24, 2.45) is 5.73 Å². The zero-order valence-corrected chi connectivity index (χ0v) is 8.89. The number of hydrogen-bond acceptors (Lipinski definition) is 3. The van der Waals surface area contributed by atoms with Gasteiger partial charge in [-0.3, -0.25) is 0 Å². The van der Waals surface area contributed by atoms with E-state index >= 15 is 0 Å². The fourth-order valence-corrected chi connectivity index (χ4v) is 1.10. The summed E-state index contributed by atoms with van der Waals surface area (Å²) in [6.07, 6.45) is -4.76. The van der Waals surface area contributed by atoms with Crippen molar-refractivity contribution in [2.45, 2.75) is 12.4 Å². The minimum Gasteiger partial charge on any atom is -0.405 e. The quantitative estimate of drug-likeness (QED) is 0.871. The lowest BCUT2D eigenvalue weighted by Gasteiger charge is -2.16. The zero-order valence-electron chi connectivity index (χ0n) is 8.07. The summed E-state index contributed by atoms with van der Waals surface area (Å²) in [7, 11) is 0. The smallest absolute Gasteiger partial charge is 0.405 e. The van der Waals surface area contributed by atoms with Crippen LogP contribution in [0.4, 0.5) is 13.2 Å². The molecule has 0 heterocycles. The number of rotatable bonds is 3. The highest BCUT2D eigenvalue weighted by molar-refractivity contribution is 5.85. The first-order valence-corrected chi connectivity index (χ1v) is 4.15. The molecule has 0 fully saturated rings. The molecule has 1 aromatic rings. The summed E-state index contributed by atoms with van der Waals surface area (Å²) in [5.74, 6) is -0.383. The van der Waals surface area contributed by atoms with Gasteiger partial charge in [-0.15, -0.1) is 25.6 Å². The molecule has 0 aliphatic rings. The van der Waals surface area contributed by atoms with Crippen LogP contribution in [-0.2, 0) is 0 Å². The third kappa shape index (κ3) is 4.26. The second-order valence-electron chi connectivity index (χ2n) is 2.87. The highest BCUT2D eigenvalue weighted by atomic mass is 35.5. The number of para-hydroxylation sites is 1. The van der Waals surface area contributed by atoms with Gasteiger partial charge in [-0.2, -0.15) is 0 Å². The summed E-state index contributed by atoms with van der Waals surface area (Å²) in [6.45, 7) is -0.446. The minimum atomic E-state index is -4.76. The molecule has 0 aliphatic carbocycles. The summed E-state index contributed by atoms with van der Waals surface area (Å²) in [6, 6.07) is 4.56. The van der Waals surface area contributed by atoms with Crippen molar-refractivity contribution in [3.63, 3.8) is 0 Å². The minimum absolute atomic E-state index is 0. The maximum atomic E-state index is 12.0. The number of hydrogen-bond donors (Lipinski definition) is 2. The molecule has 3 nitrogen and oxygen atoms in total. The Bertz CT molecular complexity index is 333. The molecule has 1 unspecified atom stereocenters. The van der Waals surface area contributed by atoms with Gasteiger partial charge >= 0.3 is 6.36 Å². The maximum absolute atomic E-state index is 12.0. The molecule has 0 aliphatic heterocycles. The van der Waals surface area contributed by atoms with Gasteiger partial charge in [-0.05, 0) is 6.07 Å². The van der Waals surface area contributed by atoms with E-state index in [1.165, 1.54) is 18.2 Å². The van der Waals surface area contributed by atoms with E-state index in [-0.39, 0.29) is 23.7 Å². The van der Waals surface area contributed by atoms with Gasteiger partial charge < -0.3 is 15.6 Å². The van der Waals surface area contributed by atoms with Gasteiger partial charge in [0.15, 0.2) is 0 Å². The van der Waals surface area contributed by atoms with E-state index < -0.39 is 19.0 Å². The maximum Gasteiger partial charge on any atom is 0.573 e. The van der Waals surface area contributed by atoms with E-state index in [0.29, 0.717) is 0 Å². The molecule has 0 saturated heterocycles. The standard InChI is InChI=1S/C9H10F3NO2.ClH/c10-9(11,12)15-8-4-2-1-3-6(8)7(13)5-14;/h1-4,7,14H,5,13H2;1H. The largest absolute Gasteiger partial charge is 0.573 e. The Labute approximate surface area is 96.4 Å². The molecule has 1 atom stereocenters. The van der Waals surface area contributed by atoms with E-state index in [0.717, 1.165) is 6.07 Å². The Morgan fingerprint density at radius 1 is 1.31 bits per heavy atom. The molecule has 1 aromatic carbocycles. The van der Waals surface area contributed by atoms with Crippen molar-refractivity contribution >= 4 is 12.4 Å². The van der Waals surface area contributed by atoms with E-state index in [4.69, 9.17) is 10.8 Å². The highest BCUT2D eigenvalue weighted by Gasteiger charge is 2.32. The second kappa shape index (κ2) is 5.93. The van der Waals surface area contributed by atoms with Crippen LogP contribution in [0.2, 0.25) is 0 Å². The van der Waals surface area contributed by atoms with Crippen LogP contribution < -0.4 is 10.5 Å². The zero-order chi connectivity index (χ0) is 11.5. The molecule has 7 heteroatoms. The molecule has 3 N–H and O–H groups in total. The monoisotopic (exact) mass is 257 g/mol. The Hall–Kier alpha value is -0.980. The van der Waals surface area contributed by atoms with Gasteiger partial charge in [-0.1, -0.05) is 18.2 Å². The molecule has 0 spiro atoms. The third-order valence-corrected chi connectivity index (χ3v) is 1.74. The number of aliphatic hydroxyl groups excluding tert-OH is 1. The van der Waals surface area contributed by atoms with Gasteiger partial charge in [0.2, 0.25) is 0 Å². The molecule has 0 amide bonds. The van der Waals surface area contributed by atoms with Crippen molar-refractivity contribution < 1.29 is 23.0 Å². The summed E-state index contributed by atoms with van der Waals surface area (Å²) in [5.41, 5.74) is 5.54. The summed E-state index contributed by atoms with van der Waals surface area (Å²) in [5, 5.41) is 8.75. The number of benzene rings is 1. The predicted octanol–water partition coefficient (Wildman–Crippen LogP) is 2.00. The Morgan fingerprint density at radius 3 is 2.38 bits per heavy atom. The van der Waals surface area contributed by atoms with Crippen molar-refractivity contribution in [3.05, 3.63) is 29.8 Å². The van der Waals surface area contributed by atoms with Gasteiger partial charge in [0.1, 0.15) is 5.75 Å². The summed E-state index contributed by atoms with van der Waals surface area (Å²) >= 11 is 0. The second-order valence-corrected chi connectivity index (χ2v) is 2.87. The van der Waals surface area contributed by atoms with E-state index in [1.54, 1.807) is 0 Å². The van der Waals surface area contributed by atoms with Gasteiger partial charge in [-0.25, -0.2) is 0 Å². The van der Waals surface area contributed by atoms with Crippen LogP contribution in [-0.4, -0.2) is 18.1 Å².